The molecule has 1 fully saturated rings. The predicted octanol–water partition coefficient (Wildman–Crippen LogP) is 2.00. The van der Waals surface area contributed by atoms with E-state index in [1.54, 1.807) is 6.33 Å². The Morgan fingerprint density at radius 2 is 2.24 bits per heavy atom. The van der Waals surface area contributed by atoms with Gasteiger partial charge < -0.3 is 14.6 Å². The van der Waals surface area contributed by atoms with Gasteiger partial charge in [-0.15, -0.1) is 0 Å². The molecule has 1 aromatic heterocycles. The molecule has 1 atom stereocenters. The second-order valence-corrected chi connectivity index (χ2v) is 5.31. The van der Waals surface area contributed by atoms with Crippen LogP contribution >= 0.6 is 0 Å². The fraction of sp³-hybridized carbons (Fsp3) is 0.375. The molecule has 1 N–H and O–H groups in total. The standard InChI is InChI=1S/C16H19N3O2/c1-19-11-17-10-15(19)12-4-6-13(7-5-12)16(20)18-9-14-3-2-8-21-14/h4-7,10-11,14H,2-3,8-9H2,1H3,(H,18,20)/t14-/m0/s1. The van der Waals surface area contributed by atoms with Crippen molar-refractivity contribution in [2.24, 2.45) is 7.05 Å². The van der Waals surface area contributed by atoms with E-state index in [4.69, 9.17) is 4.74 Å². The van der Waals surface area contributed by atoms with Crippen LogP contribution in [-0.2, 0) is 11.8 Å². The highest BCUT2D eigenvalue weighted by molar-refractivity contribution is 5.94. The second-order valence-electron chi connectivity index (χ2n) is 5.31. The predicted molar refractivity (Wildman–Crippen MR) is 80.0 cm³/mol. The van der Waals surface area contributed by atoms with Crippen molar-refractivity contribution in [1.29, 1.82) is 0 Å². The fourth-order valence-corrected chi connectivity index (χ4v) is 2.54. The van der Waals surface area contributed by atoms with Crippen LogP contribution < -0.4 is 5.32 Å². The lowest BCUT2D eigenvalue weighted by Gasteiger charge is -2.11. The summed E-state index contributed by atoms with van der Waals surface area (Å²) >= 11 is 0. The van der Waals surface area contributed by atoms with Gasteiger partial charge in [-0.2, -0.15) is 0 Å². The quantitative estimate of drug-likeness (QED) is 0.934. The molecule has 5 nitrogen and oxygen atoms in total. The van der Waals surface area contributed by atoms with Crippen LogP contribution in [0, 0.1) is 0 Å². The molecule has 0 radical (unpaired) electrons. The smallest absolute Gasteiger partial charge is 0.251 e. The second kappa shape index (κ2) is 6.10. The molecule has 110 valence electrons. The lowest BCUT2D eigenvalue weighted by Crippen LogP contribution is -2.31. The summed E-state index contributed by atoms with van der Waals surface area (Å²) in [7, 11) is 1.95. The summed E-state index contributed by atoms with van der Waals surface area (Å²) in [5, 5.41) is 2.93. The maximum absolute atomic E-state index is 12.1. The summed E-state index contributed by atoms with van der Waals surface area (Å²) < 4.78 is 7.45. The molecular weight excluding hydrogens is 266 g/mol. The number of hydrogen-bond donors (Lipinski definition) is 1. The van der Waals surface area contributed by atoms with Gasteiger partial charge in [0, 0.05) is 25.8 Å². The highest BCUT2D eigenvalue weighted by atomic mass is 16.5. The van der Waals surface area contributed by atoms with E-state index in [9.17, 15) is 4.79 Å². The molecule has 0 unspecified atom stereocenters. The number of aryl methyl sites for hydroxylation is 1. The van der Waals surface area contributed by atoms with Crippen LogP contribution in [0.25, 0.3) is 11.3 Å². The maximum Gasteiger partial charge on any atom is 0.251 e. The van der Waals surface area contributed by atoms with Crippen LogP contribution in [-0.4, -0.2) is 34.7 Å². The number of carbonyl (C=O) groups is 1. The molecule has 0 spiro atoms. The van der Waals surface area contributed by atoms with Gasteiger partial charge in [0.15, 0.2) is 0 Å². The van der Waals surface area contributed by atoms with Crippen molar-refractivity contribution in [3.05, 3.63) is 42.4 Å². The molecule has 5 heteroatoms. The van der Waals surface area contributed by atoms with E-state index in [0.717, 1.165) is 30.7 Å². The van der Waals surface area contributed by atoms with Crippen LogP contribution in [0.1, 0.15) is 23.2 Å². The molecule has 0 aliphatic carbocycles. The summed E-state index contributed by atoms with van der Waals surface area (Å²) in [6.45, 7) is 1.39. The number of nitrogens with one attached hydrogen (secondary N) is 1. The van der Waals surface area contributed by atoms with Gasteiger partial charge in [-0.3, -0.25) is 4.79 Å². The highest BCUT2D eigenvalue weighted by Crippen LogP contribution is 2.18. The number of carbonyl (C=O) groups excluding carboxylic acids is 1. The van der Waals surface area contributed by atoms with Crippen LogP contribution in [0.4, 0.5) is 0 Å². The monoisotopic (exact) mass is 285 g/mol. The first-order chi connectivity index (χ1) is 10.2. The van der Waals surface area contributed by atoms with Crippen LogP contribution in [0.3, 0.4) is 0 Å². The van der Waals surface area contributed by atoms with E-state index in [0.29, 0.717) is 12.1 Å². The first kappa shape index (κ1) is 13.8. The Balaban J connectivity index is 1.63. The van der Waals surface area contributed by atoms with Crippen molar-refractivity contribution in [2.75, 3.05) is 13.2 Å². The van der Waals surface area contributed by atoms with Crippen molar-refractivity contribution >= 4 is 5.91 Å². The van der Waals surface area contributed by atoms with Gasteiger partial charge in [0.05, 0.1) is 24.3 Å². The molecule has 0 saturated carbocycles. The molecule has 1 saturated heterocycles. The molecular formula is C16H19N3O2. The molecule has 3 rings (SSSR count). The summed E-state index contributed by atoms with van der Waals surface area (Å²) in [6.07, 6.45) is 5.85. The summed E-state index contributed by atoms with van der Waals surface area (Å²) in [5.74, 6) is -0.0537. The number of nitrogens with zero attached hydrogens (tertiary/aromatic N) is 2. The zero-order valence-corrected chi connectivity index (χ0v) is 12.1. The maximum atomic E-state index is 12.1. The number of hydrogen-bond acceptors (Lipinski definition) is 3. The number of rotatable bonds is 4. The number of imidazole rings is 1. The Morgan fingerprint density at radius 3 is 2.86 bits per heavy atom. The van der Waals surface area contributed by atoms with E-state index in [1.165, 1.54) is 0 Å². The van der Waals surface area contributed by atoms with Gasteiger partial charge in [0.1, 0.15) is 0 Å². The molecule has 1 aliphatic rings. The van der Waals surface area contributed by atoms with Crippen molar-refractivity contribution in [2.45, 2.75) is 18.9 Å². The Morgan fingerprint density at radius 1 is 1.43 bits per heavy atom. The zero-order chi connectivity index (χ0) is 14.7. The van der Waals surface area contributed by atoms with Crippen LogP contribution in [0.2, 0.25) is 0 Å². The summed E-state index contributed by atoms with van der Waals surface area (Å²) in [4.78, 5) is 16.2. The largest absolute Gasteiger partial charge is 0.376 e. The number of aromatic nitrogens is 2. The molecule has 1 aromatic carbocycles. The minimum atomic E-state index is -0.0537. The number of benzene rings is 1. The van der Waals surface area contributed by atoms with Crippen LogP contribution in [0.15, 0.2) is 36.8 Å². The Bertz CT molecular complexity index is 613. The third-order valence-corrected chi connectivity index (χ3v) is 3.77. The normalized spacial score (nSPS) is 17.9. The molecule has 2 aromatic rings. The third-order valence-electron chi connectivity index (χ3n) is 3.77. The van der Waals surface area contributed by atoms with Crippen molar-refractivity contribution in [3.63, 3.8) is 0 Å². The summed E-state index contributed by atoms with van der Waals surface area (Å²) in [5.41, 5.74) is 2.74. The van der Waals surface area contributed by atoms with E-state index < -0.39 is 0 Å². The average Bonchev–Trinajstić information content (AvgIpc) is 3.16. The first-order valence-electron chi connectivity index (χ1n) is 7.20. The van der Waals surface area contributed by atoms with E-state index in [2.05, 4.69) is 10.3 Å². The lowest BCUT2D eigenvalue weighted by atomic mass is 10.1. The van der Waals surface area contributed by atoms with Crippen molar-refractivity contribution in [3.8, 4) is 11.3 Å². The molecule has 0 bridgehead atoms. The summed E-state index contributed by atoms with van der Waals surface area (Å²) in [6, 6.07) is 7.57. The first-order valence-corrected chi connectivity index (χ1v) is 7.20. The number of amides is 1. The van der Waals surface area contributed by atoms with Gasteiger partial charge in [-0.25, -0.2) is 4.98 Å². The third kappa shape index (κ3) is 3.13. The Kier molecular flexibility index (Phi) is 4.01. The average molecular weight is 285 g/mol. The Hall–Kier alpha value is -2.14. The van der Waals surface area contributed by atoms with E-state index in [1.807, 2.05) is 42.1 Å². The molecule has 21 heavy (non-hydrogen) atoms. The van der Waals surface area contributed by atoms with Gasteiger partial charge in [0.25, 0.3) is 5.91 Å². The minimum Gasteiger partial charge on any atom is -0.376 e. The number of ether oxygens (including phenoxy) is 1. The fourth-order valence-electron chi connectivity index (χ4n) is 2.54. The van der Waals surface area contributed by atoms with Gasteiger partial charge in [-0.1, -0.05) is 12.1 Å². The molecule has 2 heterocycles. The van der Waals surface area contributed by atoms with E-state index in [-0.39, 0.29) is 12.0 Å². The van der Waals surface area contributed by atoms with Crippen LogP contribution in [0.5, 0.6) is 0 Å². The van der Waals surface area contributed by atoms with E-state index >= 15 is 0 Å². The minimum absolute atomic E-state index is 0.0537. The highest BCUT2D eigenvalue weighted by Gasteiger charge is 2.16. The van der Waals surface area contributed by atoms with Crippen molar-refractivity contribution in [1.82, 2.24) is 14.9 Å². The zero-order valence-electron chi connectivity index (χ0n) is 12.1. The molecule has 1 aliphatic heterocycles. The van der Waals surface area contributed by atoms with Gasteiger partial charge in [-0.05, 0) is 30.5 Å². The Labute approximate surface area is 124 Å². The lowest BCUT2D eigenvalue weighted by molar-refractivity contribution is 0.0858. The van der Waals surface area contributed by atoms with Gasteiger partial charge >= 0.3 is 0 Å². The SMILES string of the molecule is Cn1cncc1-c1ccc(C(=O)NC[C@@H]2CCCO2)cc1. The molecule has 1 amide bonds. The topological polar surface area (TPSA) is 56.2 Å². The van der Waals surface area contributed by atoms with Gasteiger partial charge in [0.2, 0.25) is 0 Å². The van der Waals surface area contributed by atoms with Crippen molar-refractivity contribution < 1.29 is 9.53 Å².